The van der Waals surface area contributed by atoms with Crippen LogP contribution in [0, 0.1) is 5.82 Å². The summed E-state index contributed by atoms with van der Waals surface area (Å²) in [5, 5.41) is 9.44. The van der Waals surface area contributed by atoms with E-state index >= 15 is 0 Å². The maximum atomic E-state index is 13.0. The zero-order chi connectivity index (χ0) is 14.3. The van der Waals surface area contributed by atoms with E-state index in [9.17, 15) is 14.3 Å². The van der Waals surface area contributed by atoms with Gasteiger partial charge in [0.2, 0.25) is 0 Å². The van der Waals surface area contributed by atoms with Gasteiger partial charge in [-0.2, -0.15) is 0 Å². The van der Waals surface area contributed by atoms with Gasteiger partial charge in [-0.1, -0.05) is 12.1 Å². The van der Waals surface area contributed by atoms with Crippen molar-refractivity contribution in [2.75, 3.05) is 0 Å². The third-order valence-corrected chi connectivity index (χ3v) is 3.52. The Kier molecular flexibility index (Phi) is 2.93. The van der Waals surface area contributed by atoms with E-state index in [1.54, 1.807) is 25.1 Å². The number of carbonyl (C=O) groups is 1. The largest absolute Gasteiger partial charge is 0.508 e. The highest BCUT2D eigenvalue weighted by molar-refractivity contribution is 6.04. The molecule has 0 saturated heterocycles. The molecule has 4 heteroatoms. The van der Waals surface area contributed by atoms with Gasteiger partial charge in [0.1, 0.15) is 23.4 Å². The number of fused-ring (bicyclic) bond motifs is 1. The SMILES string of the molecule is CC1Oc2cc(O)ccc2C(=O)C1c1ccc(F)cc1. The number of ether oxygens (including phenoxy) is 1. The number of halogens is 1. The number of benzene rings is 2. The molecule has 1 aliphatic heterocycles. The summed E-state index contributed by atoms with van der Waals surface area (Å²) in [5.41, 5.74) is 1.16. The molecule has 0 aliphatic carbocycles. The summed E-state index contributed by atoms with van der Waals surface area (Å²) in [6.45, 7) is 1.79. The van der Waals surface area contributed by atoms with Crippen LogP contribution in [0.5, 0.6) is 11.5 Å². The molecule has 2 atom stereocenters. The van der Waals surface area contributed by atoms with Crippen molar-refractivity contribution >= 4 is 5.78 Å². The summed E-state index contributed by atoms with van der Waals surface area (Å²) in [6.07, 6.45) is -0.373. The van der Waals surface area contributed by atoms with Crippen LogP contribution in [-0.4, -0.2) is 17.0 Å². The summed E-state index contributed by atoms with van der Waals surface area (Å²) in [6, 6.07) is 10.3. The quantitative estimate of drug-likeness (QED) is 0.866. The Labute approximate surface area is 115 Å². The van der Waals surface area contributed by atoms with Gasteiger partial charge < -0.3 is 9.84 Å². The summed E-state index contributed by atoms with van der Waals surface area (Å²) in [4.78, 5) is 12.6. The molecular weight excluding hydrogens is 259 g/mol. The summed E-state index contributed by atoms with van der Waals surface area (Å²) < 4.78 is 18.7. The second-order valence-corrected chi connectivity index (χ2v) is 4.90. The number of carbonyl (C=O) groups excluding carboxylic acids is 1. The predicted molar refractivity (Wildman–Crippen MR) is 71.7 cm³/mol. The molecule has 0 bridgehead atoms. The number of rotatable bonds is 1. The summed E-state index contributed by atoms with van der Waals surface area (Å²) in [5.74, 6) is -0.432. The van der Waals surface area contributed by atoms with E-state index in [1.165, 1.54) is 24.3 Å². The Hall–Kier alpha value is -2.36. The monoisotopic (exact) mass is 272 g/mol. The lowest BCUT2D eigenvalue weighted by molar-refractivity contribution is 0.0810. The fourth-order valence-corrected chi connectivity index (χ4v) is 2.55. The maximum absolute atomic E-state index is 13.0. The van der Waals surface area contributed by atoms with Crippen LogP contribution in [0.1, 0.15) is 28.8 Å². The molecule has 3 nitrogen and oxygen atoms in total. The minimum atomic E-state index is -0.465. The first-order valence-electron chi connectivity index (χ1n) is 6.35. The Bertz CT molecular complexity index is 664. The molecule has 1 aliphatic rings. The molecule has 2 aromatic carbocycles. The highest BCUT2D eigenvalue weighted by atomic mass is 19.1. The van der Waals surface area contributed by atoms with Crippen molar-refractivity contribution in [2.24, 2.45) is 0 Å². The molecule has 2 aromatic rings. The number of hydrogen-bond donors (Lipinski definition) is 1. The minimum Gasteiger partial charge on any atom is -0.508 e. The molecule has 0 amide bonds. The van der Waals surface area contributed by atoms with Crippen molar-refractivity contribution in [1.82, 2.24) is 0 Å². The lowest BCUT2D eigenvalue weighted by Gasteiger charge is -2.30. The van der Waals surface area contributed by atoms with Crippen LogP contribution in [0.25, 0.3) is 0 Å². The number of hydrogen-bond acceptors (Lipinski definition) is 3. The van der Waals surface area contributed by atoms with E-state index in [0.29, 0.717) is 11.3 Å². The average molecular weight is 272 g/mol. The zero-order valence-electron chi connectivity index (χ0n) is 10.8. The molecule has 3 rings (SSSR count). The van der Waals surface area contributed by atoms with Gasteiger partial charge >= 0.3 is 0 Å². The van der Waals surface area contributed by atoms with E-state index in [2.05, 4.69) is 0 Å². The van der Waals surface area contributed by atoms with Crippen LogP contribution in [0.4, 0.5) is 4.39 Å². The van der Waals surface area contributed by atoms with Gasteiger partial charge in [0.25, 0.3) is 0 Å². The van der Waals surface area contributed by atoms with Crippen LogP contribution < -0.4 is 4.74 Å². The number of aromatic hydroxyl groups is 1. The fourth-order valence-electron chi connectivity index (χ4n) is 2.55. The molecular formula is C16H13FO3. The first-order valence-corrected chi connectivity index (χ1v) is 6.35. The second-order valence-electron chi connectivity index (χ2n) is 4.90. The second kappa shape index (κ2) is 4.63. The van der Waals surface area contributed by atoms with Gasteiger partial charge in [-0.05, 0) is 36.8 Å². The molecule has 0 saturated carbocycles. The molecule has 2 unspecified atom stereocenters. The Morgan fingerprint density at radius 2 is 1.85 bits per heavy atom. The fraction of sp³-hybridized carbons (Fsp3) is 0.188. The Morgan fingerprint density at radius 3 is 2.55 bits per heavy atom. The molecule has 20 heavy (non-hydrogen) atoms. The van der Waals surface area contributed by atoms with Crippen molar-refractivity contribution in [2.45, 2.75) is 18.9 Å². The van der Waals surface area contributed by atoms with E-state index < -0.39 is 5.92 Å². The van der Waals surface area contributed by atoms with Gasteiger partial charge in [-0.25, -0.2) is 4.39 Å². The minimum absolute atomic E-state index is 0.0592. The summed E-state index contributed by atoms with van der Waals surface area (Å²) >= 11 is 0. The van der Waals surface area contributed by atoms with Crippen LogP contribution >= 0.6 is 0 Å². The van der Waals surface area contributed by atoms with E-state index in [4.69, 9.17) is 4.74 Å². The molecule has 0 spiro atoms. The predicted octanol–water partition coefficient (Wildman–Crippen LogP) is 3.28. The Balaban J connectivity index is 2.04. The van der Waals surface area contributed by atoms with Crippen molar-refractivity contribution in [3.05, 3.63) is 59.4 Å². The topological polar surface area (TPSA) is 46.5 Å². The van der Waals surface area contributed by atoms with Crippen molar-refractivity contribution in [1.29, 1.82) is 0 Å². The molecule has 0 aromatic heterocycles. The molecule has 0 radical (unpaired) electrons. The van der Waals surface area contributed by atoms with Crippen LogP contribution in [0.15, 0.2) is 42.5 Å². The van der Waals surface area contributed by atoms with Crippen molar-refractivity contribution in [3.8, 4) is 11.5 Å². The van der Waals surface area contributed by atoms with Gasteiger partial charge in [-0.3, -0.25) is 4.79 Å². The normalized spacial score (nSPS) is 21.2. The first kappa shape index (κ1) is 12.7. The van der Waals surface area contributed by atoms with Gasteiger partial charge in [0, 0.05) is 6.07 Å². The molecule has 102 valence electrons. The number of ketones is 1. The van der Waals surface area contributed by atoms with E-state index in [1.807, 2.05) is 0 Å². The molecule has 1 heterocycles. The van der Waals surface area contributed by atoms with Gasteiger partial charge in [-0.15, -0.1) is 0 Å². The third-order valence-electron chi connectivity index (χ3n) is 3.52. The lowest BCUT2D eigenvalue weighted by atomic mass is 9.84. The van der Waals surface area contributed by atoms with E-state index in [-0.39, 0.29) is 23.5 Å². The smallest absolute Gasteiger partial charge is 0.177 e. The summed E-state index contributed by atoms with van der Waals surface area (Å²) in [7, 11) is 0. The van der Waals surface area contributed by atoms with Crippen LogP contribution in [0.3, 0.4) is 0 Å². The average Bonchev–Trinajstić information content (AvgIpc) is 2.40. The van der Waals surface area contributed by atoms with Crippen molar-refractivity contribution in [3.63, 3.8) is 0 Å². The van der Waals surface area contributed by atoms with Gasteiger partial charge in [0.15, 0.2) is 5.78 Å². The standard InChI is InChI=1S/C16H13FO3/c1-9-15(10-2-4-11(17)5-3-10)16(19)13-7-6-12(18)8-14(13)20-9/h2-9,15,18H,1H3. The first-order chi connectivity index (χ1) is 9.56. The maximum Gasteiger partial charge on any atom is 0.177 e. The van der Waals surface area contributed by atoms with Gasteiger partial charge in [0.05, 0.1) is 11.5 Å². The highest BCUT2D eigenvalue weighted by Crippen LogP contribution is 2.37. The highest BCUT2D eigenvalue weighted by Gasteiger charge is 2.35. The lowest BCUT2D eigenvalue weighted by Crippen LogP contribution is -2.33. The molecule has 0 fully saturated rings. The third kappa shape index (κ3) is 2.03. The van der Waals surface area contributed by atoms with Crippen LogP contribution in [-0.2, 0) is 0 Å². The molecule has 1 N–H and O–H groups in total. The van der Waals surface area contributed by atoms with Crippen molar-refractivity contribution < 1.29 is 19.0 Å². The van der Waals surface area contributed by atoms with Crippen LogP contribution in [0.2, 0.25) is 0 Å². The van der Waals surface area contributed by atoms with E-state index in [0.717, 1.165) is 5.56 Å². The number of Topliss-reactive ketones (excluding diaryl/α,β-unsaturated/α-hetero) is 1. The number of phenols is 1. The Morgan fingerprint density at radius 1 is 1.15 bits per heavy atom. The number of phenolic OH excluding ortho intramolecular Hbond substituents is 1. The zero-order valence-corrected chi connectivity index (χ0v) is 10.8.